The minimum absolute atomic E-state index is 0.0603. The molecule has 0 spiro atoms. The number of nitrogens with zero attached hydrogens (tertiary/aromatic N) is 4. The molecule has 1 atom stereocenters. The van der Waals surface area contributed by atoms with E-state index in [4.69, 9.17) is 19.2 Å². The zero-order valence-corrected chi connectivity index (χ0v) is 24.0. The van der Waals surface area contributed by atoms with Gasteiger partial charge in [-0.25, -0.2) is 4.98 Å². The van der Waals surface area contributed by atoms with E-state index < -0.39 is 0 Å². The number of rotatable bonds is 12. The van der Waals surface area contributed by atoms with E-state index in [9.17, 15) is 5.11 Å². The number of benzene rings is 1. The summed E-state index contributed by atoms with van der Waals surface area (Å²) in [5.74, 6) is 0.754. The van der Waals surface area contributed by atoms with E-state index in [0.29, 0.717) is 26.4 Å². The third kappa shape index (κ3) is 9.55. The molecule has 42 heavy (non-hydrogen) atoms. The molecule has 1 N–H and O–H groups in total. The number of hydrogen-bond acceptors (Lipinski definition) is 8. The third-order valence-electron chi connectivity index (χ3n) is 6.09. The molecule has 0 amide bonds. The van der Waals surface area contributed by atoms with Crippen LogP contribution in [0.15, 0.2) is 110 Å². The SMILES string of the molecule is CCOC(CO)COCCOc1ccc(-c2cc(-c3ccccn3)nc(-c3ccccn3)c2)cc1.Cc1ccccn1. The predicted molar refractivity (Wildman–Crippen MR) is 164 cm³/mol. The first-order chi connectivity index (χ1) is 20.7. The normalized spacial score (nSPS) is 11.3. The largest absolute Gasteiger partial charge is 0.491 e. The van der Waals surface area contributed by atoms with Crippen LogP contribution in [0.5, 0.6) is 5.75 Å². The van der Waals surface area contributed by atoms with Gasteiger partial charge in [0.1, 0.15) is 18.5 Å². The average molecular weight is 565 g/mol. The Kier molecular flexibility index (Phi) is 12.1. The molecule has 0 fully saturated rings. The maximum absolute atomic E-state index is 9.23. The van der Waals surface area contributed by atoms with Crippen LogP contribution in [0.25, 0.3) is 33.9 Å². The lowest BCUT2D eigenvalue weighted by Gasteiger charge is -2.14. The lowest BCUT2D eigenvalue weighted by atomic mass is 10.0. The Hall–Kier alpha value is -4.50. The highest BCUT2D eigenvalue weighted by molar-refractivity contribution is 5.74. The summed E-state index contributed by atoms with van der Waals surface area (Å²) in [6.07, 6.45) is 5.02. The maximum Gasteiger partial charge on any atom is 0.119 e. The molecular formula is C34H36N4O4. The van der Waals surface area contributed by atoms with Crippen LogP contribution in [0.1, 0.15) is 12.6 Å². The van der Waals surface area contributed by atoms with Gasteiger partial charge in [-0.15, -0.1) is 0 Å². The molecule has 8 heteroatoms. The van der Waals surface area contributed by atoms with E-state index in [1.807, 2.05) is 105 Å². The molecular weight excluding hydrogens is 528 g/mol. The maximum atomic E-state index is 9.23. The monoisotopic (exact) mass is 564 g/mol. The number of aliphatic hydroxyl groups excluding tert-OH is 1. The van der Waals surface area contributed by atoms with Gasteiger partial charge in [0.05, 0.1) is 42.6 Å². The summed E-state index contributed by atoms with van der Waals surface area (Å²) in [4.78, 5) is 17.7. The molecule has 4 aromatic heterocycles. The zero-order valence-electron chi connectivity index (χ0n) is 24.0. The summed E-state index contributed by atoms with van der Waals surface area (Å²) in [6.45, 7) is 5.51. The van der Waals surface area contributed by atoms with Crippen molar-refractivity contribution < 1.29 is 19.3 Å². The summed E-state index contributed by atoms with van der Waals surface area (Å²) in [6, 6.07) is 29.4. The summed E-state index contributed by atoms with van der Waals surface area (Å²) < 4.78 is 16.7. The molecule has 1 aromatic carbocycles. The van der Waals surface area contributed by atoms with E-state index in [1.165, 1.54) is 0 Å². The topological polar surface area (TPSA) is 99.5 Å². The zero-order chi connectivity index (χ0) is 29.4. The minimum atomic E-state index is -0.299. The van der Waals surface area contributed by atoms with Gasteiger partial charge in [0.2, 0.25) is 0 Å². The smallest absolute Gasteiger partial charge is 0.119 e. The van der Waals surface area contributed by atoms with Crippen LogP contribution >= 0.6 is 0 Å². The molecule has 0 radical (unpaired) electrons. The van der Waals surface area contributed by atoms with Gasteiger partial charge in [-0.3, -0.25) is 15.0 Å². The Morgan fingerprint density at radius 3 is 1.79 bits per heavy atom. The Balaban J connectivity index is 0.000000507. The van der Waals surface area contributed by atoms with Gasteiger partial charge in [-0.2, -0.15) is 0 Å². The summed E-state index contributed by atoms with van der Waals surface area (Å²) in [5.41, 5.74) is 6.31. The first-order valence-corrected chi connectivity index (χ1v) is 13.9. The van der Waals surface area contributed by atoms with E-state index in [-0.39, 0.29) is 12.7 Å². The Labute approximate surface area is 247 Å². The van der Waals surface area contributed by atoms with Crippen molar-refractivity contribution in [2.24, 2.45) is 0 Å². The number of ether oxygens (including phenoxy) is 3. The van der Waals surface area contributed by atoms with Gasteiger partial charge in [0.15, 0.2) is 0 Å². The van der Waals surface area contributed by atoms with Crippen molar-refractivity contribution in [3.63, 3.8) is 0 Å². The first kappa shape index (κ1) is 30.5. The fourth-order valence-electron chi connectivity index (χ4n) is 4.00. The van der Waals surface area contributed by atoms with E-state index in [2.05, 4.69) is 15.0 Å². The van der Waals surface area contributed by atoms with Crippen molar-refractivity contribution in [3.05, 3.63) is 115 Å². The molecule has 0 bridgehead atoms. The second kappa shape index (κ2) is 16.7. The van der Waals surface area contributed by atoms with Gasteiger partial charge in [0.25, 0.3) is 0 Å². The molecule has 5 aromatic rings. The van der Waals surface area contributed by atoms with Crippen LogP contribution in [0.4, 0.5) is 0 Å². The van der Waals surface area contributed by atoms with Gasteiger partial charge in [-0.05, 0) is 85.6 Å². The molecule has 0 aliphatic carbocycles. The molecule has 4 heterocycles. The first-order valence-electron chi connectivity index (χ1n) is 13.9. The number of aryl methyl sites for hydroxylation is 1. The molecule has 216 valence electrons. The van der Waals surface area contributed by atoms with Crippen molar-refractivity contribution in [3.8, 4) is 39.7 Å². The lowest BCUT2D eigenvalue weighted by Crippen LogP contribution is -2.25. The fourth-order valence-corrected chi connectivity index (χ4v) is 4.00. The Bertz CT molecular complexity index is 1400. The van der Waals surface area contributed by atoms with Crippen LogP contribution in [0.3, 0.4) is 0 Å². The number of hydrogen-bond donors (Lipinski definition) is 1. The average Bonchev–Trinajstić information content (AvgIpc) is 3.05. The Morgan fingerprint density at radius 2 is 1.31 bits per heavy atom. The Morgan fingerprint density at radius 1 is 0.690 bits per heavy atom. The molecule has 5 rings (SSSR count). The molecule has 0 saturated heterocycles. The van der Waals surface area contributed by atoms with Crippen LogP contribution in [-0.4, -0.2) is 64.2 Å². The fraction of sp³-hybridized carbons (Fsp3) is 0.235. The van der Waals surface area contributed by atoms with Crippen LogP contribution in [-0.2, 0) is 9.47 Å². The van der Waals surface area contributed by atoms with Crippen molar-refractivity contribution in [1.29, 1.82) is 0 Å². The van der Waals surface area contributed by atoms with Crippen molar-refractivity contribution >= 4 is 0 Å². The highest BCUT2D eigenvalue weighted by Gasteiger charge is 2.11. The number of aromatic nitrogens is 4. The minimum Gasteiger partial charge on any atom is -0.491 e. The highest BCUT2D eigenvalue weighted by Crippen LogP contribution is 2.29. The van der Waals surface area contributed by atoms with E-state index in [0.717, 1.165) is 45.3 Å². The summed E-state index contributed by atoms with van der Waals surface area (Å²) >= 11 is 0. The highest BCUT2D eigenvalue weighted by atomic mass is 16.6. The number of aliphatic hydroxyl groups is 1. The van der Waals surface area contributed by atoms with Crippen LogP contribution in [0, 0.1) is 6.92 Å². The second-order valence-electron chi connectivity index (χ2n) is 9.24. The third-order valence-corrected chi connectivity index (χ3v) is 6.09. The van der Waals surface area contributed by atoms with Crippen molar-refractivity contribution in [1.82, 2.24) is 19.9 Å². The lowest BCUT2D eigenvalue weighted by molar-refractivity contribution is -0.0419. The van der Waals surface area contributed by atoms with Crippen LogP contribution < -0.4 is 4.74 Å². The van der Waals surface area contributed by atoms with Crippen molar-refractivity contribution in [2.45, 2.75) is 20.0 Å². The summed E-state index contributed by atoms with van der Waals surface area (Å²) in [5, 5.41) is 9.23. The van der Waals surface area contributed by atoms with Crippen LogP contribution in [0.2, 0.25) is 0 Å². The van der Waals surface area contributed by atoms with Gasteiger partial charge >= 0.3 is 0 Å². The van der Waals surface area contributed by atoms with E-state index in [1.54, 1.807) is 18.6 Å². The van der Waals surface area contributed by atoms with Gasteiger partial charge in [0, 0.05) is 30.9 Å². The van der Waals surface area contributed by atoms with E-state index >= 15 is 0 Å². The van der Waals surface area contributed by atoms with Gasteiger partial charge < -0.3 is 19.3 Å². The molecule has 8 nitrogen and oxygen atoms in total. The molecule has 1 unspecified atom stereocenters. The quantitative estimate of drug-likeness (QED) is 0.183. The molecule has 0 aliphatic heterocycles. The second-order valence-corrected chi connectivity index (χ2v) is 9.24. The van der Waals surface area contributed by atoms with Crippen molar-refractivity contribution in [2.75, 3.05) is 33.0 Å². The number of pyridine rings is 4. The molecule has 0 saturated carbocycles. The molecule has 0 aliphatic rings. The predicted octanol–water partition coefficient (Wildman–Crippen LogP) is 6.06. The standard InChI is InChI=1S/C28H29N3O4.C6H7N/c1-2-34-24(19-32)20-33-15-16-35-23-11-9-21(10-12-23)22-17-27(25-7-3-5-13-29-25)31-28(18-22)26-8-4-6-14-30-26;1-6-4-2-3-5-7-6/h3-14,17-18,24,32H,2,15-16,19-20H2,1H3;2-5H,1H3. The summed E-state index contributed by atoms with van der Waals surface area (Å²) in [7, 11) is 0. The van der Waals surface area contributed by atoms with Gasteiger partial charge in [-0.1, -0.05) is 30.3 Å².